The van der Waals surface area contributed by atoms with E-state index in [1.165, 1.54) is 0 Å². The highest BCUT2D eigenvalue weighted by atomic mass is 16.4. The van der Waals surface area contributed by atoms with Crippen LogP contribution in [-0.2, 0) is 9.59 Å². The van der Waals surface area contributed by atoms with E-state index < -0.39 is 11.9 Å². The van der Waals surface area contributed by atoms with Gasteiger partial charge in [0.2, 0.25) is 0 Å². The van der Waals surface area contributed by atoms with Gasteiger partial charge in [0, 0.05) is 12.8 Å². The topological polar surface area (TPSA) is 145 Å². The number of rotatable bonds is 9. The van der Waals surface area contributed by atoms with Crippen molar-refractivity contribution < 1.29 is 19.8 Å². The Kier molecular flexibility index (Phi) is 15.1. The van der Waals surface area contributed by atoms with Crippen LogP contribution in [0.1, 0.15) is 52.4 Å². The molecule has 8 N–H and O–H groups in total. The summed E-state index contributed by atoms with van der Waals surface area (Å²) in [5, 5.41) is 17.0. The summed E-state index contributed by atoms with van der Waals surface area (Å²) in [5.41, 5.74) is 0. The lowest BCUT2D eigenvalue weighted by Gasteiger charge is -2.19. The Morgan fingerprint density at radius 3 is 1.33 bits per heavy atom. The standard InChI is InChI=1S/C12H22O4.2H3N/c1-9(5-3-7-11(13)14)10(2)6-4-8-12(15)16;;/h9-10H,3-8H2,1-2H3,(H,13,14)(H,15,16);2*1H3. The van der Waals surface area contributed by atoms with Crippen molar-refractivity contribution in [2.45, 2.75) is 52.4 Å². The third-order valence-corrected chi connectivity index (χ3v) is 3.07. The van der Waals surface area contributed by atoms with Crippen molar-refractivity contribution in [1.82, 2.24) is 12.3 Å². The van der Waals surface area contributed by atoms with Crippen molar-refractivity contribution >= 4 is 11.9 Å². The minimum absolute atomic E-state index is 0. The summed E-state index contributed by atoms with van der Waals surface area (Å²) in [6, 6.07) is 0. The first-order chi connectivity index (χ1) is 7.43. The lowest BCUT2D eigenvalue weighted by molar-refractivity contribution is -0.138. The highest BCUT2D eigenvalue weighted by Gasteiger charge is 2.13. The molecule has 0 saturated carbocycles. The molecule has 18 heavy (non-hydrogen) atoms. The number of carbonyl (C=O) groups is 2. The van der Waals surface area contributed by atoms with E-state index in [-0.39, 0.29) is 25.1 Å². The van der Waals surface area contributed by atoms with E-state index in [1.54, 1.807) is 0 Å². The molecule has 0 bridgehead atoms. The summed E-state index contributed by atoms with van der Waals surface area (Å²) in [6.45, 7) is 4.21. The molecule has 0 aliphatic heterocycles. The lowest BCUT2D eigenvalue weighted by atomic mass is 9.87. The van der Waals surface area contributed by atoms with Crippen LogP contribution in [0.4, 0.5) is 0 Å². The molecule has 0 spiro atoms. The fraction of sp³-hybridized carbons (Fsp3) is 0.833. The predicted octanol–water partition coefficient (Wildman–Crippen LogP) is 3.09. The summed E-state index contributed by atoms with van der Waals surface area (Å²) >= 11 is 0. The number of hydrogen-bond donors (Lipinski definition) is 4. The van der Waals surface area contributed by atoms with Crippen LogP contribution in [0, 0.1) is 11.8 Å². The highest BCUT2D eigenvalue weighted by Crippen LogP contribution is 2.22. The average Bonchev–Trinajstić information content (AvgIpc) is 2.16. The molecular weight excluding hydrogens is 236 g/mol. The number of aliphatic carboxylic acids is 2. The zero-order chi connectivity index (χ0) is 12.6. The van der Waals surface area contributed by atoms with E-state index in [2.05, 4.69) is 13.8 Å². The van der Waals surface area contributed by atoms with Crippen molar-refractivity contribution in [1.29, 1.82) is 0 Å². The fourth-order valence-corrected chi connectivity index (χ4v) is 1.72. The van der Waals surface area contributed by atoms with Crippen LogP contribution in [0.5, 0.6) is 0 Å². The molecule has 0 aromatic heterocycles. The number of carboxylic acid groups (broad SMARTS) is 2. The van der Waals surface area contributed by atoms with E-state index in [1.807, 2.05) is 0 Å². The van der Waals surface area contributed by atoms with E-state index >= 15 is 0 Å². The second-order valence-corrected chi connectivity index (χ2v) is 4.53. The summed E-state index contributed by atoms with van der Waals surface area (Å²) in [7, 11) is 0. The average molecular weight is 264 g/mol. The molecule has 110 valence electrons. The summed E-state index contributed by atoms with van der Waals surface area (Å²) in [6.07, 6.45) is 3.68. The first kappa shape index (κ1) is 22.1. The molecule has 0 aromatic carbocycles. The maximum Gasteiger partial charge on any atom is 0.303 e. The van der Waals surface area contributed by atoms with Gasteiger partial charge in [0.25, 0.3) is 0 Å². The first-order valence-corrected chi connectivity index (χ1v) is 5.87. The Labute approximate surface area is 109 Å². The van der Waals surface area contributed by atoms with Gasteiger partial charge in [-0.05, 0) is 37.5 Å². The van der Waals surface area contributed by atoms with E-state index in [9.17, 15) is 9.59 Å². The Morgan fingerprint density at radius 1 is 0.833 bits per heavy atom. The Balaban J connectivity index is -0.00000112. The Bertz CT molecular complexity index is 210. The number of carboxylic acids is 2. The van der Waals surface area contributed by atoms with E-state index in [0.29, 0.717) is 24.7 Å². The first-order valence-electron chi connectivity index (χ1n) is 5.87. The molecule has 0 radical (unpaired) electrons. The highest BCUT2D eigenvalue weighted by molar-refractivity contribution is 5.66. The van der Waals surface area contributed by atoms with Crippen molar-refractivity contribution in [2.75, 3.05) is 0 Å². The second-order valence-electron chi connectivity index (χ2n) is 4.53. The van der Waals surface area contributed by atoms with Crippen molar-refractivity contribution in [3.05, 3.63) is 0 Å². The van der Waals surface area contributed by atoms with Gasteiger partial charge in [-0.2, -0.15) is 0 Å². The van der Waals surface area contributed by atoms with Gasteiger partial charge in [0.15, 0.2) is 0 Å². The van der Waals surface area contributed by atoms with Crippen LogP contribution in [-0.4, -0.2) is 22.2 Å². The lowest BCUT2D eigenvalue weighted by Crippen LogP contribution is -2.09. The summed E-state index contributed by atoms with van der Waals surface area (Å²) in [5.74, 6) is -0.558. The monoisotopic (exact) mass is 264 g/mol. The Morgan fingerprint density at radius 2 is 1.11 bits per heavy atom. The molecule has 6 nitrogen and oxygen atoms in total. The van der Waals surface area contributed by atoms with Gasteiger partial charge < -0.3 is 22.5 Å². The van der Waals surface area contributed by atoms with Crippen LogP contribution in [0.2, 0.25) is 0 Å². The quantitative estimate of drug-likeness (QED) is 0.503. The molecule has 0 aliphatic carbocycles. The van der Waals surface area contributed by atoms with Crippen molar-refractivity contribution in [2.24, 2.45) is 11.8 Å². The predicted molar refractivity (Wildman–Crippen MR) is 71.3 cm³/mol. The van der Waals surface area contributed by atoms with Gasteiger partial charge in [0.05, 0.1) is 0 Å². The van der Waals surface area contributed by atoms with Crippen LogP contribution < -0.4 is 12.3 Å². The maximum absolute atomic E-state index is 10.3. The molecule has 0 rings (SSSR count). The largest absolute Gasteiger partial charge is 0.481 e. The molecule has 0 fully saturated rings. The Hall–Kier alpha value is -1.14. The third kappa shape index (κ3) is 12.9. The zero-order valence-electron chi connectivity index (χ0n) is 11.5. The summed E-state index contributed by atoms with van der Waals surface area (Å²) < 4.78 is 0. The number of hydrogen-bond acceptors (Lipinski definition) is 4. The van der Waals surface area contributed by atoms with E-state index in [4.69, 9.17) is 10.2 Å². The fourth-order valence-electron chi connectivity index (χ4n) is 1.72. The summed E-state index contributed by atoms with van der Waals surface area (Å²) in [4.78, 5) is 20.7. The van der Waals surface area contributed by atoms with Gasteiger partial charge in [-0.3, -0.25) is 9.59 Å². The smallest absolute Gasteiger partial charge is 0.303 e. The van der Waals surface area contributed by atoms with Gasteiger partial charge >= 0.3 is 11.9 Å². The molecule has 0 amide bonds. The minimum atomic E-state index is -0.745. The van der Waals surface area contributed by atoms with Crippen LogP contribution in [0.25, 0.3) is 0 Å². The molecule has 2 unspecified atom stereocenters. The second kappa shape index (κ2) is 12.3. The molecular formula is C12H28N2O4. The van der Waals surface area contributed by atoms with Crippen molar-refractivity contribution in [3.8, 4) is 0 Å². The van der Waals surface area contributed by atoms with Gasteiger partial charge in [-0.25, -0.2) is 0 Å². The van der Waals surface area contributed by atoms with Crippen molar-refractivity contribution in [3.63, 3.8) is 0 Å². The minimum Gasteiger partial charge on any atom is -0.481 e. The van der Waals surface area contributed by atoms with Crippen LogP contribution in [0.15, 0.2) is 0 Å². The molecule has 2 atom stereocenters. The van der Waals surface area contributed by atoms with Gasteiger partial charge in [-0.1, -0.05) is 13.8 Å². The zero-order valence-corrected chi connectivity index (χ0v) is 11.5. The van der Waals surface area contributed by atoms with Crippen LogP contribution >= 0.6 is 0 Å². The molecule has 0 saturated heterocycles. The molecule has 0 aromatic rings. The molecule has 0 aliphatic rings. The molecule has 0 heterocycles. The molecule has 6 heteroatoms. The van der Waals surface area contributed by atoms with Gasteiger partial charge in [-0.15, -0.1) is 0 Å². The SMILES string of the molecule is CC(CCCC(=O)O)C(C)CCCC(=O)O.N.N. The van der Waals surface area contributed by atoms with E-state index in [0.717, 1.165) is 12.8 Å². The van der Waals surface area contributed by atoms with Gasteiger partial charge in [0.1, 0.15) is 0 Å². The maximum atomic E-state index is 10.3. The van der Waals surface area contributed by atoms with Crippen LogP contribution in [0.3, 0.4) is 0 Å². The third-order valence-electron chi connectivity index (χ3n) is 3.07. The normalized spacial score (nSPS) is 12.8.